The van der Waals surface area contributed by atoms with Crippen molar-refractivity contribution in [3.63, 3.8) is 0 Å². The van der Waals surface area contributed by atoms with E-state index in [1.54, 1.807) is 12.1 Å². The molecule has 0 aliphatic carbocycles. The molecule has 1 aromatic rings. The number of benzene rings is 1. The van der Waals surface area contributed by atoms with E-state index in [0.29, 0.717) is 6.54 Å². The minimum Gasteiger partial charge on any atom is -0.369 e. The number of nitrogens with two attached hydrogens (primary N) is 1. The zero-order valence-electron chi connectivity index (χ0n) is 8.67. The second-order valence-electron chi connectivity index (χ2n) is 3.71. The Kier molecular flexibility index (Phi) is 3.18. The van der Waals surface area contributed by atoms with Gasteiger partial charge in [-0.1, -0.05) is 6.07 Å². The van der Waals surface area contributed by atoms with Crippen LogP contribution in [-0.4, -0.2) is 26.2 Å². The fourth-order valence-corrected chi connectivity index (χ4v) is 1.91. The van der Waals surface area contributed by atoms with Gasteiger partial charge in [-0.2, -0.15) is 0 Å². The molecule has 1 fully saturated rings. The first-order chi connectivity index (χ1) is 7.31. The maximum Gasteiger partial charge on any atom is 0.125 e. The van der Waals surface area contributed by atoms with Crippen LogP contribution >= 0.6 is 0 Å². The molecule has 1 aliphatic heterocycles. The Morgan fingerprint density at radius 2 is 2.07 bits per heavy atom. The van der Waals surface area contributed by atoms with Gasteiger partial charge in [0.05, 0.1) is 0 Å². The lowest BCUT2D eigenvalue weighted by atomic mass is 10.1. The highest BCUT2D eigenvalue weighted by Gasteiger charge is 2.13. The lowest BCUT2D eigenvalue weighted by Crippen LogP contribution is -2.44. The number of hydrogen-bond acceptors (Lipinski definition) is 3. The summed E-state index contributed by atoms with van der Waals surface area (Å²) < 4.78 is 13.2. The summed E-state index contributed by atoms with van der Waals surface area (Å²) in [5, 5.41) is 3.27. The van der Waals surface area contributed by atoms with Crippen LogP contribution < -0.4 is 16.0 Å². The number of nitrogens with one attached hydrogen (secondary N) is 1. The zero-order chi connectivity index (χ0) is 10.7. The SMILES string of the molecule is NCc1ccc(F)cc1N1CCNCC1. The summed E-state index contributed by atoms with van der Waals surface area (Å²) in [6.45, 7) is 4.17. The van der Waals surface area contributed by atoms with Crippen molar-refractivity contribution in [1.29, 1.82) is 0 Å². The average molecular weight is 209 g/mol. The predicted molar refractivity (Wildman–Crippen MR) is 59.4 cm³/mol. The molecule has 4 heteroatoms. The molecule has 2 rings (SSSR count). The van der Waals surface area contributed by atoms with Crippen LogP contribution in [0, 0.1) is 5.82 Å². The van der Waals surface area contributed by atoms with Gasteiger partial charge in [-0.3, -0.25) is 0 Å². The minimum absolute atomic E-state index is 0.194. The van der Waals surface area contributed by atoms with Gasteiger partial charge in [-0.05, 0) is 17.7 Å². The summed E-state index contributed by atoms with van der Waals surface area (Å²) in [6, 6.07) is 4.81. The van der Waals surface area contributed by atoms with Crippen LogP contribution in [0.25, 0.3) is 0 Å². The molecular formula is C11H16FN3. The summed E-state index contributed by atoms with van der Waals surface area (Å²) in [7, 11) is 0. The van der Waals surface area contributed by atoms with Crippen molar-refractivity contribution in [3.05, 3.63) is 29.6 Å². The second kappa shape index (κ2) is 4.59. The maximum atomic E-state index is 13.2. The monoisotopic (exact) mass is 209 g/mol. The third kappa shape index (κ3) is 2.27. The average Bonchev–Trinajstić information content (AvgIpc) is 2.30. The van der Waals surface area contributed by atoms with Crippen LogP contribution in [0.4, 0.5) is 10.1 Å². The van der Waals surface area contributed by atoms with Gasteiger partial charge in [-0.15, -0.1) is 0 Å². The molecule has 0 radical (unpaired) electrons. The van der Waals surface area contributed by atoms with Crippen LogP contribution in [0.5, 0.6) is 0 Å². The maximum absolute atomic E-state index is 13.2. The molecule has 0 bridgehead atoms. The third-order valence-corrected chi connectivity index (χ3v) is 2.72. The van der Waals surface area contributed by atoms with Gasteiger partial charge in [0.15, 0.2) is 0 Å². The molecular weight excluding hydrogens is 193 g/mol. The fraction of sp³-hybridized carbons (Fsp3) is 0.455. The van der Waals surface area contributed by atoms with Crippen molar-refractivity contribution < 1.29 is 4.39 Å². The third-order valence-electron chi connectivity index (χ3n) is 2.72. The molecule has 1 aliphatic rings. The summed E-state index contributed by atoms with van der Waals surface area (Å²) in [4.78, 5) is 2.18. The van der Waals surface area contributed by atoms with E-state index in [1.165, 1.54) is 6.07 Å². The van der Waals surface area contributed by atoms with Gasteiger partial charge < -0.3 is 16.0 Å². The number of rotatable bonds is 2. The Bertz CT molecular complexity index is 335. The molecule has 0 saturated carbocycles. The number of anilines is 1. The molecule has 1 aromatic carbocycles. The van der Waals surface area contributed by atoms with Crippen LogP contribution in [0.1, 0.15) is 5.56 Å². The summed E-state index contributed by atoms with van der Waals surface area (Å²) in [5.41, 5.74) is 7.60. The van der Waals surface area contributed by atoms with E-state index in [0.717, 1.165) is 37.4 Å². The smallest absolute Gasteiger partial charge is 0.125 e. The number of piperazine rings is 1. The van der Waals surface area contributed by atoms with E-state index in [1.807, 2.05) is 0 Å². The van der Waals surface area contributed by atoms with E-state index in [-0.39, 0.29) is 5.82 Å². The minimum atomic E-state index is -0.194. The Balaban J connectivity index is 2.27. The standard InChI is InChI=1S/C11H16FN3/c12-10-2-1-9(8-13)11(7-10)15-5-3-14-4-6-15/h1-2,7,14H,3-6,8,13H2. The second-order valence-corrected chi connectivity index (χ2v) is 3.71. The zero-order valence-corrected chi connectivity index (χ0v) is 8.67. The van der Waals surface area contributed by atoms with Crippen LogP contribution in [0.3, 0.4) is 0 Å². The first-order valence-electron chi connectivity index (χ1n) is 5.25. The van der Waals surface area contributed by atoms with E-state index in [9.17, 15) is 4.39 Å². The van der Waals surface area contributed by atoms with Crippen LogP contribution in [-0.2, 0) is 6.54 Å². The van der Waals surface area contributed by atoms with Gasteiger partial charge >= 0.3 is 0 Å². The van der Waals surface area contributed by atoms with Crippen molar-refractivity contribution in [2.75, 3.05) is 31.1 Å². The van der Waals surface area contributed by atoms with Gasteiger partial charge in [-0.25, -0.2) is 4.39 Å². The first kappa shape index (κ1) is 10.4. The molecule has 3 nitrogen and oxygen atoms in total. The molecule has 0 atom stereocenters. The van der Waals surface area contributed by atoms with Crippen LogP contribution in [0.15, 0.2) is 18.2 Å². The Labute approximate surface area is 89.1 Å². The molecule has 0 amide bonds. The summed E-state index contributed by atoms with van der Waals surface area (Å²) in [6.07, 6.45) is 0. The molecule has 0 unspecified atom stereocenters. The lowest BCUT2D eigenvalue weighted by Gasteiger charge is -2.31. The normalized spacial score (nSPS) is 16.8. The number of hydrogen-bond donors (Lipinski definition) is 2. The summed E-state index contributed by atoms with van der Waals surface area (Å²) >= 11 is 0. The Morgan fingerprint density at radius 3 is 2.73 bits per heavy atom. The fourth-order valence-electron chi connectivity index (χ4n) is 1.91. The number of nitrogens with zero attached hydrogens (tertiary/aromatic N) is 1. The molecule has 15 heavy (non-hydrogen) atoms. The summed E-state index contributed by atoms with van der Waals surface area (Å²) in [5.74, 6) is -0.194. The predicted octanol–water partition coefficient (Wildman–Crippen LogP) is 0.694. The van der Waals surface area contributed by atoms with Crippen molar-refractivity contribution >= 4 is 5.69 Å². The van der Waals surface area contributed by atoms with E-state index in [4.69, 9.17) is 5.73 Å². The van der Waals surface area contributed by atoms with Gasteiger partial charge in [0.1, 0.15) is 5.82 Å². The number of halogens is 1. The molecule has 0 aromatic heterocycles. The van der Waals surface area contributed by atoms with E-state index >= 15 is 0 Å². The van der Waals surface area contributed by atoms with Crippen LogP contribution in [0.2, 0.25) is 0 Å². The molecule has 82 valence electrons. The van der Waals surface area contributed by atoms with E-state index < -0.39 is 0 Å². The molecule has 1 heterocycles. The quantitative estimate of drug-likeness (QED) is 0.753. The van der Waals surface area contributed by atoms with Crippen molar-refractivity contribution in [2.24, 2.45) is 5.73 Å². The van der Waals surface area contributed by atoms with Gasteiger partial charge in [0, 0.05) is 38.4 Å². The van der Waals surface area contributed by atoms with Gasteiger partial charge in [0.2, 0.25) is 0 Å². The highest BCUT2D eigenvalue weighted by Crippen LogP contribution is 2.21. The molecule has 1 saturated heterocycles. The topological polar surface area (TPSA) is 41.3 Å². The first-order valence-corrected chi connectivity index (χ1v) is 5.25. The van der Waals surface area contributed by atoms with Crippen molar-refractivity contribution in [3.8, 4) is 0 Å². The Hall–Kier alpha value is -1.13. The Morgan fingerprint density at radius 1 is 1.33 bits per heavy atom. The largest absolute Gasteiger partial charge is 0.369 e. The van der Waals surface area contributed by atoms with Gasteiger partial charge in [0.25, 0.3) is 0 Å². The highest BCUT2D eigenvalue weighted by atomic mass is 19.1. The van der Waals surface area contributed by atoms with E-state index in [2.05, 4.69) is 10.2 Å². The van der Waals surface area contributed by atoms with Crippen molar-refractivity contribution in [2.45, 2.75) is 6.54 Å². The molecule has 0 spiro atoms. The lowest BCUT2D eigenvalue weighted by molar-refractivity contribution is 0.583. The highest BCUT2D eigenvalue weighted by molar-refractivity contribution is 5.54. The molecule has 3 N–H and O–H groups in total. The van der Waals surface area contributed by atoms with Crippen molar-refractivity contribution in [1.82, 2.24) is 5.32 Å².